The lowest BCUT2D eigenvalue weighted by Gasteiger charge is -2.42. The van der Waals surface area contributed by atoms with Crippen LogP contribution in [0.1, 0.15) is 25.7 Å². The van der Waals surface area contributed by atoms with E-state index in [9.17, 15) is 4.79 Å². The lowest BCUT2D eigenvalue weighted by atomic mass is 9.75. The van der Waals surface area contributed by atoms with Crippen LogP contribution in [0.3, 0.4) is 0 Å². The first-order valence-corrected chi connectivity index (χ1v) is 4.84. The Hall–Kier alpha value is -0.610. The van der Waals surface area contributed by atoms with Gasteiger partial charge in [-0.15, -0.1) is 0 Å². The number of aliphatic hydroxyl groups is 1. The van der Waals surface area contributed by atoms with Crippen molar-refractivity contribution >= 4 is 5.91 Å². The minimum Gasteiger partial charge on any atom is -0.389 e. The van der Waals surface area contributed by atoms with Crippen LogP contribution in [0.2, 0.25) is 0 Å². The molecule has 74 valence electrons. The van der Waals surface area contributed by atoms with Crippen LogP contribution in [-0.2, 0) is 4.79 Å². The van der Waals surface area contributed by atoms with Crippen LogP contribution < -0.4 is 5.73 Å². The summed E-state index contributed by atoms with van der Waals surface area (Å²) in [6.45, 7) is 0.990. The number of hydrogen-bond acceptors (Lipinski definition) is 3. The van der Waals surface area contributed by atoms with Gasteiger partial charge < -0.3 is 15.7 Å². The smallest absolute Gasteiger partial charge is 0.224 e. The van der Waals surface area contributed by atoms with Gasteiger partial charge >= 0.3 is 0 Å². The van der Waals surface area contributed by atoms with Gasteiger partial charge in [0.05, 0.1) is 6.10 Å². The van der Waals surface area contributed by atoms with Gasteiger partial charge in [0.1, 0.15) is 0 Å². The van der Waals surface area contributed by atoms with Crippen LogP contribution in [0, 0.1) is 0 Å². The van der Waals surface area contributed by atoms with E-state index >= 15 is 0 Å². The van der Waals surface area contributed by atoms with Crippen molar-refractivity contribution in [2.45, 2.75) is 37.3 Å². The van der Waals surface area contributed by atoms with E-state index in [1.807, 2.05) is 0 Å². The van der Waals surface area contributed by atoms with Gasteiger partial charge in [0.2, 0.25) is 5.91 Å². The summed E-state index contributed by atoms with van der Waals surface area (Å²) in [5, 5.41) is 9.01. The largest absolute Gasteiger partial charge is 0.389 e. The number of β-amino-alcohol motifs (C(OH)–C–C–N with tert-alkyl or cyclic N) is 1. The molecular formula is C9H16N2O2. The van der Waals surface area contributed by atoms with Gasteiger partial charge in [-0.1, -0.05) is 0 Å². The number of amides is 1. The number of nitrogens with two attached hydrogens (primary N) is 1. The van der Waals surface area contributed by atoms with Crippen molar-refractivity contribution < 1.29 is 9.90 Å². The van der Waals surface area contributed by atoms with Gasteiger partial charge in [-0.2, -0.15) is 0 Å². The molecule has 4 heteroatoms. The Bertz CT molecular complexity index is 220. The molecule has 0 aromatic rings. The van der Waals surface area contributed by atoms with Gasteiger partial charge in [-0.3, -0.25) is 4.79 Å². The summed E-state index contributed by atoms with van der Waals surface area (Å²) in [6.07, 6.45) is 3.23. The normalized spacial score (nSPS) is 26.5. The molecule has 1 saturated carbocycles. The Morgan fingerprint density at radius 2 is 2.15 bits per heavy atom. The fourth-order valence-corrected chi connectivity index (χ4v) is 1.88. The first-order valence-electron chi connectivity index (χ1n) is 4.84. The van der Waals surface area contributed by atoms with E-state index in [0.29, 0.717) is 19.5 Å². The van der Waals surface area contributed by atoms with E-state index in [2.05, 4.69) is 0 Å². The van der Waals surface area contributed by atoms with Gasteiger partial charge in [0.15, 0.2) is 0 Å². The van der Waals surface area contributed by atoms with Crippen molar-refractivity contribution in [1.82, 2.24) is 4.90 Å². The van der Waals surface area contributed by atoms with Crippen LogP contribution >= 0.6 is 0 Å². The Kier molecular flexibility index (Phi) is 2.04. The molecule has 0 radical (unpaired) electrons. The summed E-state index contributed by atoms with van der Waals surface area (Å²) in [6, 6.07) is 0. The molecule has 13 heavy (non-hydrogen) atoms. The van der Waals surface area contributed by atoms with Gasteiger partial charge in [0.25, 0.3) is 0 Å². The van der Waals surface area contributed by atoms with Crippen molar-refractivity contribution in [3.8, 4) is 0 Å². The lowest BCUT2D eigenvalue weighted by Crippen LogP contribution is -2.57. The Morgan fingerprint density at radius 3 is 2.54 bits per heavy atom. The topological polar surface area (TPSA) is 66.6 Å². The maximum Gasteiger partial charge on any atom is 0.224 e. The van der Waals surface area contributed by atoms with Crippen molar-refractivity contribution in [3.05, 3.63) is 0 Å². The molecular weight excluding hydrogens is 168 g/mol. The number of carbonyl (C=O) groups excluding carboxylic acids is 1. The first-order chi connectivity index (χ1) is 6.09. The van der Waals surface area contributed by atoms with E-state index in [4.69, 9.17) is 10.8 Å². The quantitative estimate of drug-likeness (QED) is 0.605. The Labute approximate surface area is 77.7 Å². The van der Waals surface area contributed by atoms with Crippen LogP contribution in [0.15, 0.2) is 0 Å². The molecule has 0 spiro atoms. The molecule has 0 bridgehead atoms. The molecule has 1 aliphatic carbocycles. The van der Waals surface area contributed by atoms with E-state index in [1.165, 1.54) is 0 Å². The number of nitrogens with zero attached hydrogens (tertiary/aromatic N) is 1. The maximum atomic E-state index is 11.5. The first kappa shape index (κ1) is 8.97. The standard InChI is InChI=1S/C9H16N2O2/c10-9(2-1-3-9)4-8(13)11-5-7(12)6-11/h7,12H,1-6,10H2. The number of rotatable bonds is 2. The maximum absolute atomic E-state index is 11.5. The molecule has 1 amide bonds. The second kappa shape index (κ2) is 2.96. The number of hydrogen-bond donors (Lipinski definition) is 2. The number of likely N-dealkylation sites (tertiary alicyclic amines) is 1. The summed E-state index contributed by atoms with van der Waals surface area (Å²) < 4.78 is 0. The summed E-state index contributed by atoms with van der Waals surface area (Å²) in [5.41, 5.74) is 5.72. The summed E-state index contributed by atoms with van der Waals surface area (Å²) in [7, 11) is 0. The summed E-state index contributed by atoms with van der Waals surface area (Å²) in [5.74, 6) is 0.104. The third-order valence-corrected chi connectivity index (χ3v) is 3.07. The Balaban J connectivity index is 1.78. The highest BCUT2D eigenvalue weighted by atomic mass is 16.3. The molecule has 2 rings (SSSR count). The van der Waals surface area contributed by atoms with Gasteiger partial charge in [0, 0.05) is 25.0 Å². The van der Waals surface area contributed by atoms with E-state index < -0.39 is 0 Å². The van der Waals surface area contributed by atoms with Crippen molar-refractivity contribution in [2.75, 3.05) is 13.1 Å². The van der Waals surface area contributed by atoms with Crippen molar-refractivity contribution in [1.29, 1.82) is 0 Å². The lowest BCUT2D eigenvalue weighted by molar-refractivity contribution is -0.143. The highest BCUT2D eigenvalue weighted by Crippen LogP contribution is 2.33. The van der Waals surface area contributed by atoms with Crippen molar-refractivity contribution in [3.63, 3.8) is 0 Å². The average Bonchev–Trinajstić information content (AvgIpc) is 1.95. The molecule has 1 heterocycles. The molecule has 3 N–H and O–H groups in total. The molecule has 0 unspecified atom stereocenters. The number of carbonyl (C=O) groups is 1. The second-order valence-electron chi connectivity index (χ2n) is 4.35. The fraction of sp³-hybridized carbons (Fsp3) is 0.889. The fourth-order valence-electron chi connectivity index (χ4n) is 1.88. The molecule has 0 aromatic heterocycles. The van der Waals surface area contributed by atoms with Crippen LogP contribution in [-0.4, -0.2) is 40.6 Å². The zero-order valence-electron chi connectivity index (χ0n) is 7.70. The van der Waals surface area contributed by atoms with Gasteiger partial charge in [-0.05, 0) is 19.3 Å². The average molecular weight is 184 g/mol. The molecule has 0 atom stereocenters. The van der Waals surface area contributed by atoms with Crippen LogP contribution in [0.25, 0.3) is 0 Å². The number of aliphatic hydroxyl groups excluding tert-OH is 1. The predicted octanol–water partition coefficient (Wildman–Crippen LogP) is -0.539. The van der Waals surface area contributed by atoms with Gasteiger partial charge in [-0.25, -0.2) is 0 Å². The molecule has 1 saturated heterocycles. The Morgan fingerprint density at radius 1 is 1.54 bits per heavy atom. The van der Waals surface area contributed by atoms with E-state index in [-0.39, 0.29) is 17.6 Å². The minimum absolute atomic E-state index is 0.104. The molecule has 0 aromatic carbocycles. The third kappa shape index (κ3) is 1.69. The monoisotopic (exact) mass is 184 g/mol. The molecule has 2 aliphatic rings. The van der Waals surface area contributed by atoms with Crippen LogP contribution in [0.4, 0.5) is 0 Å². The molecule has 2 fully saturated rings. The van der Waals surface area contributed by atoms with E-state index in [1.54, 1.807) is 4.90 Å². The zero-order valence-corrected chi connectivity index (χ0v) is 7.70. The highest BCUT2D eigenvalue weighted by molar-refractivity contribution is 5.78. The minimum atomic E-state index is -0.306. The molecule has 4 nitrogen and oxygen atoms in total. The third-order valence-electron chi connectivity index (χ3n) is 3.07. The van der Waals surface area contributed by atoms with Crippen molar-refractivity contribution in [2.24, 2.45) is 5.73 Å². The SMILES string of the molecule is NC1(CC(=O)N2CC(O)C2)CCC1. The molecule has 1 aliphatic heterocycles. The second-order valence-corrected chi connectivity index (χ2v) is 4.35. The van der Waals surface area contributed by atoms with E-state index in [0.717, 1.165) is 19.3 Å². The zero-order chi connectivity index (χ0) is 9.47. The van der Waals surface area contributed by atoms with Crippen LogP contribution in [0.5, 0.6) is 0 Å². The summed E-state index contributed by atoms with van der Waals surface area (Å²) in [4.78, 5) is 13.2. The predicted molar refractivity (Wildman–Crippen MR) is 48.0 cm³/mol. The highest BCUT2D eigenvalue weighted by Gasteiger charge is 2.38. The summed E-state index contributed by atoms with van der Waals surface area (Å²) >= 11 is 0.